The number of halogens is 1. The third-order valence-electron chi connectivity index (χ3n) is 2.89. The molecule has 0 atom stereocenters. The van der Waals surface area contributed by atoms with E-state index in [-0.39, 0.29) is 5.54 Å². The number of anilines is 1. The van der Waals surface area contributed by atoms with Crippen molar-refractivity contribution in [3.05, 3.63) is 17.5 Å². The van der Waals surface area contributed by atoms with Gasteiger partial charge in [0.1, 0.15) is 17.2 Å². The van der Waals surface area contributed by atoms with E-state index in [1.165, 1.54) is 6.33 Å². The first-order valence-corrected chi connectivity index (χ1v) is 5.65. The lowest BCUT2D eigenvalue weighted by Gasteiger charge is -2.37. The summed E-state index contributed by atoms with van der Waals surface area (Å²) in [5, 5.41) is 3.84. The van der Waals surface area contributed by atoms with Crippen LogP contribution in [0.2, 0.25) is 5.02 Å². The van der Waals surface area contributed by atoms with Gasteiger partial charge in [-0.15, -0.1) is 0 Å². The van der Waals surface area contributed by atoms with Gasteiger partial charge in [0.05, 0.1) is 11.7 Å². The Labute approximate surface area is 99.4 Å². The topological polar surface area (TPSA) is 73.1 Å². The fourth-order valence-electron chi connectivity index (χ4n) is 1.80. The smallest absolute Gasteiger partial charge is 0.148 e. The van der Waals surface area contributed by atoms with E-state index in [1.807, 2.05) is 0 Å². The summed E-state index contributed by atoms with van der Waals surface area (Å²) in [6, 6.07) is 0. The van der Waals surface area contributed by atoms with Crippen molar-refractivity contribution in [2.45, 2.75) is 18.4 Å². The van der Waals surface area contributed by atoms with Crippen LogP contribution >= 0.6 is 11.6 Å². The monoisotopic (exact) mass is 242 g/mol. The molecule has 0 bridgehead atoms. The van der Waals surface area contributed by atoms with Crippen LogP contribution in [0.4, 0.5) is 5.82 Å². The van der Waals surface area contributed by atoms with Crippen LogP contribution in [0, 0.1) is 0 Å². The minimum atomic E-state index is -0.157. The Hall–Kier alpha value is -0.910. The first kappa shape index (κ1) is 11.6. The molecule has 6 heteroatoms. The van der Waals surface area contributed by atoms with Gasteiger partial charge in [-0.05, 0) is 12.8 Å². The minimum absolute atomic E-state index is 0.157. The third kappa shape index (κ3) is 2.42. The van der Waals surface area contributed by atoms with Crippen LogP contribution in [0.1, 0.15) is 12.8 Å². The van der Waals surface area contributed by atoms with Crippen LogP contribution in [0.5, 0.6) is 0 Å². The summed E-state index contributed by atoms with van der Waals surface area (Å²) < 4.78 is 5.33. The average molecular weight is 243 g/mol. The van der Waals surface area contributed by atoms with Crippen LogP contribution in [-0.2, 0) is 4.74 Å². The highest BCUT2D eigenvalue weighted by Crippen LogP contribution is 2.27. The maximum absolute atomic E-state index is 6.00. The maximum Gasteiger partial charge on any atom is 0.148 e. The van der Waals surface area contributed by atoms with E-state index in [0.29, 0.717) is 30.6 Å². The summed E-state index contributed by atoms with van der Waals surface area (Å²) in [6.45, 7) is 1.97. The zero-order valence-electron chi connectivity index (χ0n) is 8.95. The molecule has 2 rings (SSSR count). The Kier molecular flexibility index (Phi) is 3.58. The molecule has 1 aromatic rings. The zero-order chi connectivity index (χ0) is 11.4. The van der Waals surface area contributed by atoms with Gasteiger partial charge in [0, 0.05) is 19.8 Å². The van der Waals surface area contributed by atoms with Gasteiger partial charge in [-0.2, -0.15) is 0 Å². The lowest BCUT2D eigenvalue weighted by Crippen LogP contribution is -2.49. The predicted octanol–water partition coefficient (Wildman–Crippen LogP) is 1.05. The molecule has 0 unspecified atom stereocenters. The van der Waals surface area contributed by atoms with E-state index in [1.54, 1.807) is 6.20 Å². The van der Waals surface area contributed by atoms with E-state index in [4.69, 9.17) is 22.1 Å². The summed E-state index contributed by atoms with van der Waals surface area (Å²) in [5.74, 6) is 0.643. The molecule has 0 radical (unpaired) electrons. The van der Waals surface area contributed by atoms with Crippen LogP contribution < -0.4 is 11.1 Å². The number of nitrogens with two attached hydrogens (primary N) is 1. The second-order valence-electron chi connectivity index (χ2n) is 3.94. The molecular formula is C10H15ClN4O. The second-order valence-corrected chi connectivity index (χ2v) is 4.35. The second kappa shape index (κ2) is 4.95. The summed E-state index contributed by atoms with van der Waals surface area (Å²) in [4.78, 5) is 7.96. The fraction of sp³-hybridized carbons (Fsp3) is 0.600. The summed E-state index contributed by atoms with van der Waals surface area (Å²) in [5.41, 5.74) is 5.68. The van der Waals surface area contributed by atoms with Crippen molar-refractivity contribution in [2.24, 2.45) is 5.73 Å². The molecule has 16 heavy (non-hydrogen) atoms. The predicted molar refractivity (Wildman–Crippen MR) is 62.5 cm³/mol. The van der Waals surface area contributed by atoms with Crippen molar-refractivity contribution < 1.29 is 4.74 Å². The molecule has 1 aliphatic rings. The highest BCUT2D eigenvalue weighted by molar-refractivity contribution is 6.32. The number of aromatic nitrogens is 2. The number of nitrogens with zero attached hydrogens (tertiary/aromatic N) is 2. The Morgan fingerprint density at radius 1 is 1.50 bits per heavy atom. The van der Waals surface area contributed by atoms with Gasteiger partial charge in [0.25, 0.3) is 0 Å². The minimum Gasteiger partial charge on any atom is -0.381 e. The van der Waals surface area contributed by atoms with Gasteiger partial charge < -0.3 is 15.8 Å². The standard InChI is InChI=1S/C10H15ClN4O/c11-8-5-13-7-14-9(8)15-10(6-12)1-3-16-4-2-10/h5,7H,1-4,6,12H2,(H,13,14,15). The molecular weight excluding hydrogens is 228 g/mol. The molecule has 2 heterocycles. The molecule has 0 aliphatic carbocycles. The largest absolute Gasteiger partial charge is 0.381 e. The van der Waals surface area contributed by atoms with E-state index in [2.05, 4.69) is 15.3 Å². The quantitative estimate of drug-likeness (QED) is 0.829. The summed E-state index contributed by atoms with van der Waals surface area (Å²) in [7, 11) is 0. The number of hydrogen-bond donors (Lipinski definition) is 2. The Morgan fingerprint density at radius 2 is 2.25 bits per heavy atom. The van der Waals surface area contributed by atoms with Crippen LogP contribution in [0.3, 0.4) is 0 Å². The molecule has 0 spiro atoms. The molecule has 5 nitrogen and oxygen atoms in total. The normalized spacial score (nSPS) is 19.4. The van der Waals surface area contributed by atoms with Crippen LogP contribution in [0.25, 0.3) is 0 Å². The Morgan fingerprint density at radius 3 is 2.88 bits per heavy atom. The van der Waals surface area contributed by atoms with Gasteiger partial charge in [-0.1, -0.05) is 11.6 Å². The van der Waals surface area contributed by atoms with Gasteiger partial charge in [0.2, 0.25) is 0 Å². The van der Waals surface area contributed by atoms with Gasteiger partial charge >= 0.3 is 0 Å². The van der Waals surface area contributed by atoms with Gasteiger partial charge in [-0.25, -0.2) is 9.97 Å². The van der Waals surface area contributed by atoms with Crippen molar-refractivity contribution >= 4 is 17.4 Å². The fourth-order valence-corrected chi connectivity index (χ4v) is 1.95. The number of ether oxygens (including phenoxy) is 1. The maximum atomic E-state index is 6.00. The van der Waals surface area contributed by atoms with Crippen molar-refractivity contribution in [3.63, 3.8) is 0 Å². The van der Waals surface area contributed by atoms with Gasteiger partial charge in [-0.3, -0.25) is 0 Å². The number of hydrogen-bond acceptors (Lipinski definition) is 5. The average Bonchev–Trinajstić information content (AvgIpc) is 2.33. The first-order chi connectivity index (χ1) is 7.76. The third-order valence-corrected chi connectivity index (χ3v) is 3.17. The SMILES string of the molecule is NCC1(Nc2ncncc2Cl)CCOCC1. The van der Waals surface area contributed by atoms with Crippen molar-refractivity contribution in [1.82, 2.24) is 9.97 Å². The van der Waals surface area contributed by atoms with E-state index < -0.39 is 0 Å². The van der Waals surface area contributed by atoms with E-state index in [9.17, 15) is 0 Å². The molecule has 3 N–H and O–H groups in total. The number of nitrogens with one attached hydrogen (secondary N) is 1. The highest BCUT2D eigenvalue weighted by Gasteiger charge is 2.31. The van der Waals surface area contributed by atoms with Crippen molar-refractivity contribution in [3.8, 4) is 0 Å². The van der Waals surface area contributed by atoms with Crippen molar-refractivity contribution in [1.29, 1.82) is 0 Å². The van der Waals surface area contributed by atoms with E-state index >= 15 is 0 Å². The summed E-state index contributed by atoms with van der Waals surface area (Å²) in [6.07, 6.45) is 4.77. The van der Waals surface area contributed by atoms with Crippen LogP contribution in [-0.4, -0.2) is 35.3 Å². The molecule has 0 amide bonds. The molecule has 1 saturated heterocycles. The number of rotatable bonds is 3. The lowest BCUT2D eigenvalue weighted by molar-refractivity contribution is 0.0627. The molecule has 0 saturated carbocycles. The van der Waals surface area contributed by atoms with E-state index in [0.717, 1.165) is 12.8 Å². The first-order valence-electron chi connectivity index (χ1n) is 5.27. The molecule has 1 fully saturated rings. The van der Waals surface area contributed by atoms with Gasteiger partial charge in [0.15, 0.2) is 0 Å². The summed E-state index contributed by atoms with van der Waals surface area (Å²) >= 11 is 6.00. The Bertz CT molecular complexity index is 354. The highest BCUT2D eigenvalue weighted by atomic mass is 35.5. The molecule has 0 aromatic carbocycles. The molecule has 1 aromatic heterocycles. The lowest BCUT2D eigenvalue weighted by atomic mass is 9.90. The zero-order valence-corrected chi connectivity index (χ0v) is 9.70. The molecule has 88 valence electrons. The van der Waals surface area contributed by atoms with Crippen molar-refractivity contribution in [2.75, 3.05) is 25.1 Å². The van der Waals surface area contributed by atoms with Crippen LogP contribution in [0.15, 0.2) is 12.5 Å². The molecule has 1 aliphatic heterocycles. The Balaban J connectivity index is 2.15.